The number of nitrogens with one attached hydrogen (secondary N) is 1. The molecule has 2 nitrogen and oxygen atoms in total. The normalized spacial score (nSPS) is 16.7. The summed E-state index contributed by atoms with van der Waals surface area (Å²) in [7, 11) is 0. The van der Waals surface area contributed by atoms with Gasteiger partial charge in [-0.3, -0.25) is 4.79 Å². The Kier molecular flexibility index (Phi) is 4.41. The number of aryl methyl sites for hydroxylation is 2. The van der Waals surface area contributed by atoms with Gasteiger partial charge in [0.05, 0.1) is 11.0 Å². The lowest BCUT2D eigenvalue weighted by molar-refractivity contribution is -0.137. The van der Waals surface area contributed by atoms with Crippen molar-refractivity contribution in [2.24, 2.45) is 0 Å². The molecule has 0 spiro atoms. The second-order valence-electron chi connectivity index (χ2n) is 7.32. The lowest BCUT2D eigenvalue weighted by atomic mass is 9.94. The predicted molar refractivity (Wildman–Crippen MR) is 97.2 cm³/mol. The number of hydrogen-bond donors (Lipinski definition) is 1. The van der Waals surface area contributed by atoms with Gasteiger partial charge in [0.1, 0.15) is 5.82 Å². The maximum atomic E-state index is 14.2. The van der Waals surface area contributed by atoms with Gasteiger partial charge in [-0.05, 0) is 79.5 Å². The van der Waals surface area contributed by atoms with Crippen LogP contribution >= 0.6 is 0 Å². The van der Waals surface area contributed by atoms with Crippen molar-refractivity contribution in [1.29, 1.82) is 0 Å². The molecule has 1 N–H and O–H groups in total. The van der Waals surface area contributed by atoms with E-state index in [0.29, 0.717) is 24.6 Å². The fraction of sp³-hybridized carbons (Fsp3) is 0.318. The fourth-order valence-electron chi connectivity index (χ4n) is 3.64. The molecule has 2 aromatic carbocycles. The third-order valence-electron chi connectivity index (χ3n) is 5.33. The molecule has 0 aliphatic heterocycles. The quantitative estimate of drug-likeness (QED) is 0.570. The van der Waals surface area contributed by atoms with E-state index in [4.69, 9.17) is 0 Å². The van der Waals surface area contributed by atoms with Gasteiger partial charge in [0.25, 0.3) is 5.91 Å². The minimum Gasteiger partial charge on any atom is -0.315 e. The highest BCUT2D eigenvalue weighted by molar-refractivity contribution is 6.04. The van der Waals surface area contributed by atoms with Crippen molar-refractivity contribution in [3.63, 3.8) is 0 Å². The third-order valence-corrected chi connectivity index (χ3v) is 5.33. The molecule has 0 heterocycles. The van der Waals surface area contributed by atoms with Gasteiger partial charge < -0.3 is 5.32 Å². The van der Waals surface area contributed by atoms with Crippen LogP contribution < -0.4 is 5.32 Å². The summed E-state index contributed by atoms with van der Waals surface area (Å²) in [6.45, 7) is 0. The highest BCUT2D eigenvalue weighted by Crippen LogP contribution is 2.49. The maximum absolute atomic E-state index is 14.2. The van der Waals surface area contributed by atoms with Crippen LogP contribution in [0.2, 0.25) is 0 Å². The summed E-state index contributed by atoms with van der Waals surface area (Å²) in [5, 5.41) is 2.69. The summed E-state index contributed by atoms with van der Waals surface area (Å²) in [4.78, 5) is 12.2. The van der Waals surface area contributed by atoms with Crippen LogP contribution in [-0.4, -0.2) is 5.91 Å². The average molecular weight is 387 g/mol. The number of amides is 1. The molecule has 4 rings (SSSR count). The standard InChI is InChI=1S/C22H17F4NO/c23-19-7-5-16(22(24,25)26)13-18(19)21(10-11-21)9-8-20(28)27-17-6-4-14-2-1-3-15(14)12-17/h4-7,12-13H,1-3,10-11H2,(H,27,28). The Labute approximate surface area is 159 Å². The second kappa shape index (κ2) is 6.66. The van der Waals surface area contributed by atoms with Crippen LogP contribution in [0.25, 0.3) is 0 Å². The van der Waals surface area contributed by atoms with Gasteiger partial charge in [-0.25, -0.2) is 4.39 Å². The number of alkyl halides is 3. The van der Waals surface area contributed by atoms with Gasteiger partial charge in [0.2, 0.25) is 0 Å². The molecule has 0 unspecified atom stereocenters. The highest BCUT2D eigenvalue weighted by atomic mass is 19.4. The Morgan fingerprint density at radius 3 is 2.50 bits per heavy atom. The van der Waals surface area contributed by atoms with Crippen molar-refractivity contribution < 1.29 is 22.4 Å². The summed E-state index contributed by atoms with van der Waals surface area (Å²) < 4.78 is 53.0. The van der Waals surface area contributed by atoms with E-state index in [2.05, 4.69) is 17.2 Å². The molecule has 28 heavy (non-hydrogen) atoms. The number of carbonyl (C=O) groups excluding carboxylic acids is 1. The van der Waals surface area contributed by atoms with E-state index in [9.17, 15) is 22.4 Å². The smallest absolute Gasteiger partial charge is 0.315 e. The predicted octanol–water partition coefficient (Wildman–Crippen LogP) is 5.01. The molecule has 0 aromatic heterocycles. The lowest BCUT2D eigenvalue weighted by Crippen LogP contribution is -2.13. The molecule has 0 radical (unpaired) electrons. The zero-order chi connectivity index (χ0) is 19.9. The van der Waals surface area contributed by atoms with Crippen LogP contribution in [0, 0.1) is 17.7 Å². The van der Waals surface area contributed by atoms with Gasteiger partial charge >= 0.3 is 6.18 Å². The van der Waals surface area contributed by atoms with Crippen molar-refractivity contribution in [2.45, 2.75) is 43.7 Å². The third kappa shape index (κ3) is 3.62. The molecule has 2 aromatic rings. The van der Waals surface area contributed by atoms with Crippen molar-refractivity contribution in [2.75, 3.05) is 5.32 Å². The first kappa shape index (κ1) is 18.5. The number of benzene rings is 2. The van der Waals surface area contributed by atoms with Crippen molar-refractivity contribution >= 4 is 11.6 Å². The van der Waals surface area contributed by atoms with Gasteiger partial charge in [-0.15, -0.1) is 0 Å². The molecule has 6 heteroatoms. The number of fused-ring (bicyclic) bond motifs is 1. The van der Waals surface area contributed by atoms with E-state index in [1.807, 2.05) is 18.2 Å². The highest BCUT2D eigenvalue weighted by Gasteiger charge is 2.46. The van der Waals surface area contributed by atoms with E-state index < -0.39 is 28.9 Å². The van der Waals surface area contributed by atoms with Crippen molar-refractivity contribution in [3.05, 3.63) is 64.5 Å². The Hall–Kier alpha value is -2.81. The van der Waals surface area contributed by atoms with Crippen LogP contribution in [0.3, 0.4) is 0 Å². The summed E-state index contributed by atoms with van der Waals surface area (Å²) in [5.74, 6) is 3.85. The molecule has 2 aliphatic carbocycles. The molecule has 0 saturated heterocycles. The molecule has 1 fully saturated rings. The first-order valence-electron chi connectivity index (χ1n) is 9.10. The van der Waals surface area contributed by atoms with E-state index in [0.717, 1.165) is 31.4 Å². The molecule has 144 valence electrons. The molecule has 2 aliphatic rings. The summed E-state index contributed by atoms with van der Waals surface area (Å²) in [6, 6.07) is 8.03. The number of hydrogen-bond acceptors (Lipinski definition) is 1. The van der Waals surface area contributed by atoms with Crippen LogP contribution in [0.5, 0.6) is 0 Å². The molecule has 1 saturated carbocycles. The monoisotopic (exact) mass is 387 g/mol. The Morgan fingerprint density at radius 2 is 1.79 bits per heavy atom. The zero-order valence-corrected chi connectivity index (χ0v) is 14.9. The minimum absolute atomic E-state index is 0.0971. The molecule has 0 bridgehead atoms. The van der Waals surface area contributed by atoms with Crippen LogP contribution in [0.4, 0.5) is 23.2 Å². The molecular weight excluding hydrogens is 370 g/mol. The molecule has 1 amide bonds. The van der Waals surface area contributed by atoms with Crippen LogP contribution in [-0.2, 0) is 29.2 Å². The van der Waals surface area contributed by atoms with Crippen molar-refractivity contribution in [3.8, 4) is 11.8 Å². The largest absolute Gasteiger partial charge is 0.416 e. The number of carbonyl (C=O) groups is 1. The van der Waals surface area contributed by atoms with Crippen LogP contribution in [0.15, 0.2) is 36.4 Å². The van der Waals surface area contributed by atoms with E-state index in [1.54, 1.807) is 0 Å². The van der Waals surface area contributed by atoms with Gasteiger partial charge in [-0.2, -0.15) is 13.2 Å². The van der Waals surface area contributed by atoms with E-state index in [-0.39, 0.29) is 5.56 Å². The Morgan fingerprint density at radius 1 is 1.04 bits per heavy atom. The SMILES string of the molecule is O=C(C#CC1(c2cc(C(F)(F)F)ccc2F)CC1)Nc1ccc2c(c1)CCC2. The second-order valence-corrected chi connectivity index (χ2v) is 7.32. The Balaban J connectivity index is 1.53. The average Bonchev–Trinajstić information content (AvgIpc) is 3.28. The fourth-order valence-corrected chi connectivity index (χ4v) is 3.64. The molecular formula is C22H17F4NO. The van der Waals surface area contributed by atoms with Gasteiger partial charge in [0.15, 0.2) is 0 Å². The summed E-state index contributed by atoms with van der Waals surface area (Å²) in [6.07, 6.45) is -0.611. The zero-order valence-electron chi connectivity index (χ0n) is 14.9. The van der Waals surface area contributed by atoms with E-state index >= 15 is 0 Å². The van der Waals surface area contributed by atoms with Crippen molar-refractivity contribution in [1.82, 2.24) is 0 Å². The summed E-state index contributed by atoms with van der Waals surface area (Å²) >= 11 is 0. The summed E-state index contributed by atoms with van der Waals surface area (Å²) in [5.41, 5.74) is 1.08. The van der Waals surface area contributed by atoms with Gasteiger partial charge in [-0.1, -0.05) is 12.0 Å². The Bertz CT molecular complexity index is 1010. The first-order chi connectivity index (χ1) is 13.3. The minimum atomic E-state index is -4.56. The number of anilines is 1. The van der Waals surface area contributed by atoms with Crippen LogP contribution in [0.1, 0.15) is 41.5 Å². The topological polar surface area (TPSA) is 29.1 Å². The number of rotatable bonds is 2. The lowest BCUT2D eigenvalue weighted by Gasteiger charge is -2.13. The first-order valence-corrected chi connectivity index (χ1v) is 9.10. The van der Waals surface area contributed by atoms with Gasteiger partial charge in [0, 0.05) is 11.3 Å². The number of halogens is 4. The maximum Gasteiger partial charge on any atom is 0.416 e. The van der Waals surface area contributed by atoms with E-state index in [1.165, 1.54) is 11.1 Å². The molecule has 0 atom stereocenters.